The number of hydrogen-bond acceptors (Lipinski definition) is 5. The van der Waals surface area contributed by atoms with Gasteiger partial charge in [-0.1, -0.05) is 11.6 Å². The molecule has 6 nitrogen and oxygen atoms in total. The van der Waals surface area contributed by atoms with Gasteiger partial charge in [0.15, 0.2) is 5.76 Å². The van der Waals surface area contributed by atoms with Gasteiger partial charge in [0, 0.05) is 48.7 Å². The van der Waals surface area contributed by atoms with E-state index in [1.807, 2.05) is 23.1 Å². The zero-order valence-electron chi connectivity index (χ0n) is 16.5. The molecule has 2 heterocycles. The van der Waals surface area contributed by atoms with Gasteiger partial charge in [0.2, 0.25) is 0 Å². The number of ether oxygens (including phenoxy) is 2. The summed E-state index contributed by atoms with van der Waals surface area (Å²) in [6, 6.07) is 12.9. The van der Waals surface area contributed by atoms with Gasteiger partial charge in [0.1, 0.15) is 17.1 Å². The molecular formula is C22H23ClN2O4. The van der Waals surface area contributed by atoms with Gasteiger partial charge in [-0.3, -0.25) is 9.69 Å². The molecule has 1 fully saturated rings. The van der Waals surface area contributed by atoms with Gasteiger partial charge in [-0.15, -0.1) is 0 Å². The van der Waals surface area contributed by atoms with E-state index in [9.17, 15) is 4.79 Å². The Balaban J connectivity index is 1.40. The fourth-order valence-corrected chi connectivity index (χ4v) is 3.81. The molecule has 0 bridgehead atoms. The molecule has 0 unspecified atom stereocenters. The molecule has 0 aliphatic carbocycles. The highest BCUT2D eigenvalue weighted by molar-refractivity contribution is 6.31. The quantitative estimate of drug-likeness (QED) is 0.630. The molecule has 1 aromatic heterocycles. The van der Waals surface area contributed by atoms with E-state index in [2.05, 4.69) is 4.90 Å². The SMILES string of the molecule is COc1ccc(OC)c(CN2CCN(C(=O)c3cc4cc(Cl)ccc4o3)CC2)c1. The zero-order chi connectivity index (χ0) is 20.4. The van der Waals surface area contributed by atoms with Crippen LogP contribution in [0.15, 0.2) is 46.9 Å². The average Bonchev–Trinajstić information content (AvgIpc) is 3.17. The molecule has 3 aromatic rings. The monoisotopic (exact) mass is 414 g/mol. The summed E-state index contributed by atoms with van der Waals surface area (Å²) in [6.07, 6.45) is 0. The van der Waals surface area contributed by atoms with E-state index >= 15 is 0 Å². The molecule has 0 atom stereocenters. The Morgan fingerprint density at radius 1 is 1.03 bits per heavy atom. The molecule has 1 aliphatic heterocycles. The van der Waals surface area contributed by atoms with Crippen molar-refractivity contribution in [2.24, 2.45) is 0 Å². The Labute approximate surface area is 174 Å². The number of carbonyl (C=O) groups is 1. The van der Waals surface area contributed by atoms with E-state index in [4.69, 9.17) is 25.5 Å². The lowest BCUT2D eigenvalue weighted by Gasteiger charge is -2.34. The third-order valence-corrected chi connectivity index (χ3v) is 5.47. The Morgan fingerprint density at radius 2 is 1.83 bits per heavy atom. The summed E-state index contributed by atoms with van der Waals surface area (Å²) in [5.41, 5.74) is 1.74. The summed E-state index contributed by atoms with van der Waals surface area (Å²) in [4.78, 5) is 17.0. The van der Waals surface area contributed by atoms with Crippen LogP contribution in [0.5, 0.6) is 11.5 Å². The number of benzene rings is 2. The van der Waals surface area contributed by atoms with Crippen molar-refractivity contribution in [3.8, 4) is 11.5 Å². The van der Waals surface area contributed by atoms with E-state index in [0.29, 0.717) is 29.5 Å². The maximum absolute atomic E-state index is 12.8. The van der Waals surface area contributed by atoms with Crippen LogP contribution in [0.1, 0.15) is 16.1 Å². The molecule has 0 saturated carbocycles. The predicted molar refractivity (Wildman–Crippen MR) is 112 cm³/mol. The van der Waals surface area contributed by atoms with E-state index in [1.54, 1.807) is 38.5 Å². The minimum Gasteiger partial charge on any atom is -0.497 e. The van der Waals surface area contributed by atoms with Gasteiger partial charge in [-0.25, -0.2) is 0 Å². The minimum absolute atomic E-state index is 0.0871. The van der Waals surface area contributed by atoms with Crippen LogP contribution < -0.4 is 9.47 Å². The zero-order valence-corrected chi connectivity index (χ0v) is 17.2. The molecule has 2 aromatic carbocycles. The first-order chi connectivity index (χ1) is 14.1. The van der Waals surface area contributed by atoms with E-state index in [0.717, 1.165) is 42.1 Å². The number of rotatable bonds is 5. The molecule has 1 amide bonds. The lowest BCUT2D eigenvalue weighted by Crippen LogP contribution is -2.48. The fraction of sp³-hybridized carbons (Fsp3) is 0.318. The Bertz CT molecular complexity index is 1020. The summed E-state index contributed by atoms with van der Waals surface area (Å²) in [6.45, 7) is 3.58. The number of fused-ring (bicyclic) bond motifs is 1. The van der Waals surface area contributed by atoms with Crippen LogP contribution >= 0.6 is 11.6 Å². The molecule has 7 heteroatoms. The van der Waals surface area contributed by atoms with Crippen molar-refractivity contribution >= 4 is 28.5 Å². The molecule has 152 valence electrons. The number of piperazine rings is 1. The van der Waals surface area contributed by atoms with Crippen LogP contribution in [0, 0.1) is 0 Å². The van der Waals surface area contributed by atoms with E-state index < -0.39 is 0 Å². The van der Waals surface area contributed by atoms with Gasteiger partial charge < -0.3 is 18.8 Å². The molecule has 4 rings (SSSR count). The van der Waals surface area contributed by atoms with Crippen molar-refractivity contribution in [2.75, 3.05) is 40.4 Å². The largest absolute Gasteiger partial charge is 0.497 e. The second kappa shape index (κ2) is 8.35. The second-order valence-electron chi connectivity index (χ2n) is 7.04. The first-order valence-electron chi connectivity index (χ1n) is 9.49. The highest BCUT2D eigenvalue weighted by Gasteiger charge is 2.25. The number of hydrogen-bond donors (Lipinski definition) is 0. The van der Waals surface area contributed by atoms with Crippen LogP contribution in [0.4, 0.5) is 0 Å². The third-order valence-electron chi connectivity index (χ3n) is 5.23. The average molecular weight is 415 g/mol. The van der Waals surface area contributed by atoms with Gasteiger partial charge in [0.25, 0.3) is 5.91 Å². The molecule has 1 saturated heterocycles. The Kier molecular flexibility index (Phi) is 5.65. The summed E-state index contributed by atoms with van der Waals surface area (Å²) in [5.74, 6) is 1.91. The number of carbonyl (C=O) groups excluding carboxylic acids is 1. The summed E-state index contributed by atoms with van der Waals surface area (Å²) in [5, 5.41) is 1.46. The molecule has 1 aliphatic rings. The van der Waals surface area contributed by atoms with Crippen LogP contribution in [0.25, 0.3) is 11.0 Å². The van der Waals surface area contributed by atoms with Crippen molar-refractivity contribution in [1.82, 2.24) is 9.80 Å². The summed E-state index contributed by atoms with van der Waals surface area (Å²) in [7, 11) is 3.32. The fourth-order valence-electron chi connectivity index (χ4n) is 3.63. The minimum atomic E-state index is -0.0871. The first-order valence-corrected chi connectivity index (χ1v) is 9.87. The van der Waals surface area contributed by atoms with Gasteiger partial charge in [0.05, 0.1) is 14.2 Å². The number of amides is 1. The van der Waals surface area contributed by atoms with Crippen molar-refractivity contribution in [3.05, 3.63) is 58.8 Å². The van der Waals surface area contributed by atoms with E-state index in [1.165, 1.54) is 0 Å². The van der Waals surface area contributed by atoms with Crippen LogP contribution in [-0.4, -0.2) is 56.1 Å². The van der Waals surface area contributed by atoms with Gasteiger partial charge in [-0.05, 0) is 42.5 Å². The molecule has 0 N–H and O–H groups in total. The van der Waals surface area contributed by atoms with E-state index in [-0.39, 0.29) is 5.91 Å². The Hall–Kier alpha value is -2.70. The van der Waals surface area contributed by atoms with Crippen molar-refractivity contribution in [1.29, 1.82) is 0 Å². The molecule has 29 heavy (non-hydrogen) atoms. The smallest absolute Gasteiger partial charge is 0.289 e. The highest BCUT2D eigenvalue weighted by Crippen LogP contribution is 2.27. The lowest BCUT2D eigenvalue weighted by molar-refractivity contribution is 0.0599. The molecule has 0 radical (unpaired) electrons. The van der Waals surface area contributed by atoms with Gasteiger partial charge >= 0.3 is 0 Å². The van der Waals surface area contributed by atoms with Crippen molar-refractivity contribution in [3.63, 3.8) is 0 Å². The second-order valence-corrected chi connectivity index (χ2v) is 7.48. The topological polar surface area (TPSA) is 55.2 Å². The number of methoxy groups -OCH3 is 2. The lowest BCUT2D eigenvalue weighted by atomic mass is 10.1. The van der Waals surface area contributed by atoms with Crippen LogP contribution in [-0.2, 0) is 6.54 Å². The normalized spacial score (nSPS) is 14.9. The van der Waals surface area contributed by atoms with Crippen LogP contribution in [0.2, 0.25) is 5.02 Å². The summed E-state index contributed by atoms with van der Waals surface area (Å²) >= 11 is 6.02. The first kappa shape index (κ1) is 19.6. The van der Waals surface area contributed by atoms with Crippen molar-refractivity contribution < 1.29 is 18.7 Å². The number of halogens is 1. The highest BCUT2D eigenvalue weighted by atomic mass is 35.5. The maximum atomic E-state index is 12.8. The Morgan fingerprint density at radius 3 is 2.55 bits per heavy atom. The van der Waals surface area contributed by atoms with Crippen molar-refractivity contribution in [2.45, 2.75) is 6.54 Å². The number of nitrogens with zero attached hydrogens (tertiary/aromatic N) is 2. The predicted octanol–water partition coefficient (Wildman–Crippen LogP) is 4.06. The molecule has 0 spiro atoms. The number of furan rings is 1. The van der Waals surface area contributed by atoms with Gasteiger partial charge in [-0.2, -0.15) is 0 Å². The standard InChI is InChI=1S/C22H23ClN2O4/c1-27-18-4-6-19(28-2)16(12-18)14-24-7-9-25(10-8-24)22(26)21-13-15-11-17(23)3-5-20(15)29-21/h3-6,11-13H,7-10,14H2,1-2H3. The summed E-state index contributed by atoms with van der Waals surface area (Å²) < 4.78 is 16.5. The maximum Gasteiger partial charge on any atom is 0.289 e. The third kappa shape index (κ3) is 4.18. The molecular weight excluding hydrogens is 392 g/mol. The van der Waals surface area contributed by atoms with Crippen LogP contribution in [0.3, 0.4) is 0 Å².